The van der Waals surface area contributed by atoms with Crippen LogP contribution in [0.15, 0.2) is 22.7 Å². The van der Waals surface area contributed by atoms with Gasteiger partial charge in [-0.3, -0.25) is 0 Å². The minimum Gasteiger partial charge on any atom is -0.806 e. The summed E-state index contributed by atoms with van der Waals surface area (Å²) in [4.78, 5) is 20.9. The molecule has 0 saturated heterocycles. The zero-order chi connectivity index (χ0) is 12.6. The zero-order valence-electron chi connectivity index (χ0n) is 7.62. The molecule has 0 aliphatic heterocycles. The highest BCUT2D eigenvalue weighted by molar-refractivity contribution is 9.10. The van der Waals surface area contributed by atoms with E-state index in [0.29, 0.717) is 10.9 Å². The van der Waals surface area contributed by atoms with E-state index < -0.39 is 18.8 Å². The average molecular weight is 378 g/mol. The maximum absolute atomic E-state index is 13.2. The van der Waals surface area contributed by atoms with Gasteiger partial charge in [0.2, 0.25) is 0 Å². The molecule has 1 aromatic rings. The maximum Gasteiger partial charge on any atom is 0.297 e. The summed E-state index contributed by atoms with van der Waals surface area (Å²) in [5.74, 6) is 0. The van der Waals surface area contributed by atoms with Gasteiger partial charge in [-0.05, 0) is 11.6 Å². The van der Waals surface area contributed by atoms with Crippen LogP contribution < -0.4 is 9.79 Å². The molecule has 8 heteroatoms. The molecule has 0 fully saturated rings. The van der Waals surface area contributed by atoms with Gasteiger partial charge in [-0.1, -0.05) is 44.0 Å². The van der Waals surface area contributed by atoms with Crippen molar-refractivity contribution in [1.29, 1.82) is 0 Å². The van der Waals surface area contributed by atoms with Crippen molar-refractivity contribution in [3.63, 3.8) is 0 Å². The molecule has 0 heterocycles. The van der Waals surface area contributed by atoms with Crippen molar-refractivity contribution in [1.82, 2.24) is 0 Å². The molecule has 0 N–H and O–H groups in total. The first-order chi connectivity index (χ1) is 7.20. The highest BCUT2D eigenvalue weighted by atomic mass is 79.9. The minimum atomic E-state index is -6.02. The lowest BCUT2D eigenvalue weighted by molar-refractivity contribution is -0.335. The highest BCUT2D eigenvalue weighted by Crippen LogP contribution is 2.54. The fourth-order valence-electron chi connectivity index (χ4n) is 1.03. The molecule has 0 spiro atoms. The van der Waals surface area contributed by atoms with Gasteiger partial charge in [0.1, 0.15) is 0 Å². The number of rotatable bonds is 3. The standard InChI is InChI=1S/C8H7Br2F2O3P/c9-4-5-1-2-6(7(10)3-5)8(11,12)16(13,14)15/h1-3H,4H2,(H2,13,14,15)/p-2. The van der Waals surface area contributed by atoms with Crippen LogP contribution in [0.4, 0.5) is 8.78 Å². The van der Waals surface area contributed by atoms with Gasteiger partial charge in [-0.15, -0.1) is 0 Å². The van der Waals surface area contributed by atoms with Crippen LogP contribution in [0.25, 0.3) is 0 Å². The lowest BCUT2D eigenvalue weighted by Gasteiger charge is -2.38. The molecule has 0 amide bonds. The van der Waals surface area contributed by atoms with Crippen LogP contribution in [0.5, 0.6) is 0 Å². The molecule has 1 rings (SSSR count). The van der Waals surface area contributed by atoms with Gasteiger partial charge in [-0.25, -0.2) is 0 Å². The highest BCUT2D eigenvalue weighted by Gasteiger charge is 2.37. The van der Waals surface area contributed by atoms with Crippen molar-refractivity contribution in [3.05, 3.63) is 33.8 Å². The second-order valence-electron chi connectivity index (χ2n) is 2.99. The average Bonchev–Trinajstić information content (AvgIpc) is 2.15. The van der Waals surface area contributed by atoms with E-state index in [4.69, 9.17) is 0 Å². The summed E-state index contributed by atoms with van der Waals surface area (Å²) in [5.41, 5.74) is -4.57. The topological polar surface area (TPSA) is 63.2 Å². The van der Waals surface area contributed by atoms with Crippen LogP contribution in [-0.2, 0) is 15.6 Å². The molecular weight excluding hydrogens is 373 g/mol. The maximum atomic E-state index is 13.2. The largest absolute Gasteiger partial charge is 0.806 e. The Morgan fingerprint density at radius 1 is 1.38 bits per heavy atom. The summed E-state index contributed by atoms with van der Waals surface area (Å²) >= 11 is 5.94. The Kier molecular flexibility index (Phi) is 4.29. The van der Waals surface area contributed by atoms with Gasteiger partial charge in [-0.2, -0.15) is 8.78 Å². The molecule has 0 aliphatic carbocycles. The lowest BCUT2D eigenvalue weighted by atomic mass is 10.1. The Morgan fingerprint density at radius 3 is 2.31 bits per heavy atom. The fourth-order valence-corrected chi connectivity index (χ4v) is 2.70. The van der Waals surface area contributed by atoms with Crippen molar-refractivity contribution in [2.45, 2.75) is 11.0 Å². The third-order valence-corrected chi connectivity index (χ3v) is 4.09. The van der Waals surface area contributed by atoms with E-state index >= 15 is 0 Å². The van der Waals surface area contributed by atoms with Gasteiger partial charge in [0.05, 0.1) is 0 Å². The summed E-state index contributed by atoms with van der Waals surface area (Å²) in [5, 5.41) is 0.434. The number of halogens is 4. The molecule has 0 saturated carbocycles. The first kappa shape index (κ1) is 14.3. The molecule has 3 nitrogen and oxygen atoms in total. The van der Waals surface area contributed by atoms with Crippen molar-refractivity contribution in [2.75, 3.05) is 0 Å². The van der Waals surface area contributed by atoms with Crippen molar-refractivity contribution in [2.24, 2.45) is 0 Å². The molecular formula is C8H5Br2F2O3P-2. The van der Waals surface area contributed by atoms with Crippen molar-refractivity contribution in [3.8, 4) is 0 Å². The number of benzene rings is 1. The van der Waals surface area contributed by atoms with E-state index in [9.17, 15) is 23.1 Å². The van der Waals surface area contributed by atoms with E-state index in [2.05, 4.69) is 31.9 Å². The SMILES string of the molecule is O=P([O-])([O-])C(F)(F)c1ccc(CBr)cc1Br. The second-order valence-corrected chi connectivity index (χ2v) is 5.96. The molecule has 0 unspecified atom stereocenters. The zero-order valence-corrected chi connectivity index (χ0v) is 11.7. The molecule has 90 valence electrons. The van der Waals surface area contributed by atoms with Gasteiger partial charge in [0.15, 0.2) is 0 Å². The van der Waals surface area contributed by atoms with Crippen molar-refractivity contribution >= 4 is 39.5 Å². The van der Waals surface area contributed by atoms with Gasteiger partial charge >= 0.3 is 0 Å². The predicted molar refractivity (Wildman–Crippen MR) is 58.3 cm³/mol. The van der Waals surface area contributed by atoms with Crippen LogP contribution in [0.3, 0.4) is 0 Å². The molecule has 0 bridgehead atoms. The van der Waals surface area contributed by atoms with Crippen LogP contribution in [0, 0.1) is 0 Å². The van der Waals surface area contributed by atoms with Crippen LogP contribution in [0.2, 0.25) is 0 Å². The van der Waals surface area contributed by atoms with Crippen LogP contribution >= 0.6 is 39.5 Å². The predicted octanol–water partition coefficient (Wildman–Crippen LogP) is 2.31. The second kappa shape index (κ2) is 4.82. The normalized spacial score (nSPS) is 12.9. The van der Waals surface area contributed by atoms with E-state index in [1.807, 2.05) is 0 Å². The molecule has 0 aromatic heterocycles. The van der Waals surface area contributed by atoms with E-state index in [-0.39, 0.29) is 4.47 Å². The van der Waals surface area contributed by atoms with Crippen LogP contribution in [0.1, 0.15) is 11.1 Å². The van der Waals surface area contributed by atoms with Crippen LogP contribution in [-0.4, -0.2) is 0 Å². The van der Waals surface area contributed by atoms with Gasteiger partial charge in [0, 0.05) is 23.0 Å². The van der Waals surface area contributed by atoms with E-state index in [1.54, 1.807) is 0 Å². The monoisotopic (exact) mass is 376 g/mol. The molecule has 1 aromatic carbocycles. The van der Waals surface area contributed by atoms with Crippen molar-refractivity contribution < 1.29 is 23.1 Å². The molecule has 0 radical (unpaired) electrons. The summed E-state index contributed by atoms with van der Waals surface area (Å²) in [7, 11) is -6.02. The summed E-state index contributed by atoms with van der Waals surface area (Å²) in [6.07, 6.45) is 0. The molecule has 16 heavy (non-hydrogen) atoms. The Hall–Kier alpha value is 0.190. The number of hydrogen-bond acceptors (Lipinski definition) is 3. The molecule has 0 atom stereocenters. The first-order valence-corrected chi connectivity index (χ1v) is 7.40. The third kappa shape index (κ3) is 2.71. The number of alkyl halides is 3. The van der Waals surface area contributed by atoms with Gasteiger partial charge < -0.3 is 14.4 Å². The summed E-state index contributed by atoms with van der Waals surface area (Å²) in [6, 6.07) is 3.56. The quantitative estimate of drug-likeness (QED) is 0.599. The minimum absolute atomic E-state index is 0.110. The summed E-state index contributed by atoms with van der Waals surface area (Å²) < 4.78 is 36.8. The Balaban J connectivity index is 3.30. The Bertz CT molecular complexity index is 447. The fraction of sp³-hybridized carbons (Fsp3) is 0.250. The van der Waals surface area contributed by atoms with E-state index in [0.717, 1.165) is 6.07 Å². The Morgan fingerprint density at radius 2 is 1.94 bits per heavy atom. The van der Waals surface area contributed by atoms with Gasteiger partial charge in [0.25, 0.3) is 5.66 Å². The Labute approximate surface area is 107 Å². The molecule has 0 aliphatic rings. The first-order valence-electron chi connectivity index (χ1n) is 3.95. The number of hydrogen-bond donors (Lipinski definition) is 0. The smallest absolute Gasteiger partial charge is 0.297 e. The van der Waals surface area contributed by atoms with E-state index in [1.165, 1.54) is 12.1 Å². The lowest BCUT2D eigenvalue weighted by Crippen LogP contribution is -2.30. The third-order valence-electron chi connectivity index (χ3n) is 1.86. The summed E-state index contributed by atoms with van der Waals surface area (Å²) in [6.45, 7) is 0.